The average molecular weight is 488 g/mol. The van der Waals surface area contributed by atoms with Crippen molar-refractivity contribution in [2.75, 3.05) is 28.3 Å². The SMILES string of the molecule is CON=C(C(C)=NOCc1ccccc1C(=NOC)C(=O)N=C(C)N(C)C)c1ccc(F)cc1F. The normalized spacial score (nSPS) is 12.9. The lowest BCUT2D eigenvalue weighted by molar-refractivity contribution is -0.111. The molecule has 186 valence electrons. The molecule has 0 aliphatic rings. The Labute approximate surface area is 202 Å². The van der Waals surface area contributed by atoms with Crippen molar-refractivity contribution >= 4 is 28.9 Å². The highest BCUT2D eigenvalue weighted by molar-refractivity contribution is 6.47. The molecule has 0 atom stereocenters. The van der Waals surface area contributed by atoms with E-state index in [0.717, 1.165) is 12.1 Å². The van der Waals surface area contributed by atoms with Gasteiger partial charge in [-0.3, -0.25) is 4.79 Å². The third-order valence-electron chi connectivity index (χ3n) is 4.70. The fourth-order valence-corrected chi connectivity index (χ4v) is 2.80. The van der Waals surface area contributed by atoms with Crippen molar-refractivity contribution in [3.8, 4) is 0 Å². The first kappa shape index (κ1) is 27.1. The number of aliphatic imine (C=N–C) groups is 1. The van der Waals surface area contributed by atoms with Gasteiger partial charge in [0.2, 0.25) is 0 Å². The second-order valence-electron chi connectivity index (χ2n) is 7.33. The van der Waals surface area contributed by atoms with Gasteiger partial charge >= 0.3 is 5.91 Å². The number of benzene rings is 2. The number of oxime groups is 3. The van der Waals surface area contributed by atoms with Crippen LogP contribution in [0.1, 0.15) is 30.5 Å². The average Bonchev–Trinajstić information content (AvgIpc) is 2.81. The molecule has 2 aromatic rings. The Morgan fingerprint density at radius 3 is 2.20 bits per heavy atom. The smallest absolute Gasteiger partial charge is 0.301 e. The zero-order chi connectivity index (χ0) is 26.0. The maximum absolute atomic E-state index is 14.3. The maximum Gasteiger partial charge on any atom is 0.301 e. The molecule has 0 fully saturated rings. The van der Waals surface area contributed by atoms with E-state index in [-0.39, 0.29) is 29.3 Å². The predicted octanol–water partition coefficient (Wildman–Crippen LogP) is 3.77. The molecule has 11 heteroatoms. The van der Waals surface area contributed by atoms with Crippen molar-refractivity contribution in [3.05, 3.63) is 70.8 Å². The van der Waals surface area contributed by atoms with Crippen LogP contribution < -0.4 is 0 Å². The van der Waals surface area contributed by atoms with E-state index in [9.17, 15) is 13.6 Å². The van der Waals surface area contributed by atoms with Gasteiger partial charge in [0.15, 0.2) is 5.71 Å². The summed E-state index contributed by atoms with van der Waals surface area (Å²) >= 11 is 0. The monoisotopic (exact) mass is 487 g/mol. The summed E-state index contributed by atoms with van der Waals surface area (Å²) in [6.45, 7) is 3.16. The van der Waals surface area contributed by atoms with Gasteiger partial charge in [0.25, 0.3) is 0 Å². The fourth-order valence-electron chi connectivity index (χ4n) is 2.80. The van der Waals surface area contributed by atoms with E-state index < -0.39 is 17.5 Å². The third kappa shape index (κ3) is 7.42. The lowest BCUT2D eigenvalue weighted by atomic mass is 10.0. The van der Waals surface area contributed by atoms with Gasteiger partial charge < -0.3 is 19.4 Å². The highest BCUT2D eigenvalue weighted by Gasteiger charge is 2.20. The lowest BCUT2D eigenvalue weighted by Crippen LogP contribution is -2.23. The molecule has 0 unspecified atom stereocenters. The van der Waals surface area contributed by atoms with Gasteiger partial charge in [-0.2, -0.15) is 4.99 Å². The molecule has 0 radical (unpaired) electrons. The summed E-state index contributed by atoms with van der Waals surface area (Å²) in [7, 11) is 6.15. The first-order chi connectivity index (χ1) is 16.7. The number of carbonyl (C=O) groups excluding carboxylic acids is 1. The van der Waals surface area contributed by atoms with Crippen LogP contribution in [0.5, 0.6) is 0 Å². The standard InChI is InChI=1S/C24H27F2N5O4/c1-15(22(29-33-5)20-12-11-18(25)13-21(20)26)28-35-14-17-9-7-8-10-19(17)23(30-34-6)24(32)27-16(2)31(3)4/h7-13H,14H2,1-6H3. The van der Waals surface area contributed by atoms with Crippen LogP contribution in [0.4, 0.5) is 8.78 Å². The largest absolute Gasteiger partial charge is 0.399 e. The molecule has 2 aromatic carbocycles. The first-order valence-corrected chi connectivity index (χ1v) is 10.4. The second-order valence-corrected chi connectivity index (χ2v) is 7.33. The minimum absolute atomic E-state index is 0.00673. The first-order valence-electron chi connectivity index (χ1n) is 10.4. The second kappa shape index (κ2) is 12.9. The molecule has 0 heterocycles. The van der Waals surface area contributed by atoms with Crippen LogP contribution in [0.15, 0.2) is 62.9 Å². The van der Waals surface area contributed by atoms with Crippen molar-refractivity contribution in [2.24, 2.45) is 20.5 Å². The molecule has 0 saturated heterocycles. The third-order valence-corrected chi connectivity index (χ3v) is 4.70. The number of amidine groups is 1. The summed E-state index contributed by atoms with van der Waals surface area (Å²) in [5.74, 6) is -1.65. The van der Waals surface area contributed by atoms with E-state index in [2.05, 4.69) is 20.5 Å². The minimum Gasteiger partial charge on any atom is -0.399 e. The van der Waals surface area contributed by atoms with Gasteiger partial charge in [0, 0.05) is 36.9 Å². The topological polar surface area (TPSA) is 97.4 Å². The Hall–Kier alpha value is -4.15. The summed E-state index contributed by atoms with van der Waals surface area (Å²) < 4.78 is 27.6. The highest BCUT2D eigenvalue weighted by atomic mass is 19.1. The molecule has 35 heavy (non-hydrogen) atoms. The number of rotatable bonds is 9. The Bertz CT molecular complexity index is 1180. The van der Waals surface area contributed by atoms with E-state index in [1.165, 1.54) is 27.2 Å². The van der Waals surface area contributed by atoms with Gasteiger partial charge in [-0.25, -0.2) is 8.78 Å². The van der Waals surface area contributed by atoms with Crippen LogP contribution >= 0.6 is 0 Å². The fraction of sp³-hybridized carbons (Fsp3) is 0.292. The van der Waals surface area contributed by atoms with Crippen LogP contribution in [-0.2, 0) is 25.9 Å². The lowest BCUT2D eigenvalue weighted by Gasteiger charge is -2.12. The summed E-state index contributed by atoms with van der Waals surface area (Å²) in [6, 6.07) is 9.96. The predicted molar refractivity (Wildman–Crippen MR) is 130 cm³/mol. The van der Waals surface area contributed by atoms with E-state index in [1.807, 2.05) is 0 Å². The number of carbonyl (C=O) groups is 1. The summed E-state index contributed by atoms with van der Waals surface area (Å²) in [5.41, 5.74) is 1.21. The number of hydrogen-bond donors (Lipinski definition) is 0. The Morgan fingerprint density at radius 1 is 0.914 bits per heavy atom. The van der Waals surface area contributed by atoms with Crippen LogP contribution in [-0.4, -0.2) is 62.1 Å². The molecule has 0 aliphatic carbocycles. The molecule has 0 spiro atoms. The highest BCUT2D eigenvalue weighted by Crippen LogP contribution is 2.15. The molecule has 0 aromatic heterocycles. The van der Waals surface area contributed by atoms with Crippen LogP contribution in [0.3, 0.4) is 0 Å². The van der Waals surface area contributed by atoms with Crippen molar-refractivity contribution in [1.82, 2.24) is 4.90 Å². The molecular weight excluding hydrogens is 460 g/mol. The Balaban J connectivity index is 2.32. The van der Waals surface area contributed by atoms with Crippen LogP contribution in [0.2, 0.25) is 0 Å². The summed E-state index contributed by atoms with van der Waals surface area (Å²) in [6.07, 6.45) is 0. The van der Waals surface area contributed by atoms with Crippen molar-refractivity contribution in [2.45, 2.75) is 20.5 Å². The van der Waals surface area contributed by atoms with Gasteiger partial charge in [-0.05, 0) is 26.0 Å². The quantitative estimate of drug-likeness (QED) is 0.305. The van der Waals surface area contributed by atoms with Crippen molar-refractivity contribution in [3.63, 3.8) is 0 Å². The molecule has 1 amide bonds. The zero-order valence-corrected chi connectivity index (χ0v) is 20.4. The van der Waals surface area contributed by atoms with Gasteiger partial charge in [-0.15, -0.1) is 0 Å². The van der Waals surface area contributed by atoms with Crippen molar-refractivity contribution < 1.29 is 28.1 Å². The summed E-state index contributed by atoms with van der Waals surface area (Å²) in [5, 5.41) is 11.6. The number of amides is 1. The minimum atomic E-state index is -0.826. The van der Waals surface area contributed by atoms with Gasteiger partial charge in [0.05, 0.1) is 0 Å². The zero-order valence-electron chi connectivity index (χ0n) is 20.4. The summed E-state index contributed by atoms with van der Waals surface area (Å²) in [4.78, 5) is 33.6. The molecule has 0 aliphatic heterocycles. The Kier molecular flexibility index (Phi) is 10.0. The van der Waals surface area contributed by atoms with E-state index in [1.54, 1.807) is 50.2 Å². The Morgan fingerprint density at radius 2 is 1.57 bits per heavy atom. The van der Waals surface area contributed by atoms with Gasteiger partial charge in [-0.1, -0.05) is 39.7 Å². The number of nitrogens with zero attached hydrogens (tertiary/aromatic N) is 5. The van der Waals surface area contributed by atoms with Crippen LogP contribution in [0, 0.1) is 11.6 Å². The molecular formula is C24H27F2N5O4. The number of halogens is 2. The molecule has 0 N–H and O–H groups in total. The van der Waals surface area contributed by atoms with E-state index in [0.29, 0.717) is 17.0 Å². The van der Waals surface area contributed by atoms with E-state index >= 15 is 0 Å². The molecule has 9 nitrogen and oxygen atoms in total. The number of hydrogen-bond acceptors (Lipinski definition) is 7. The van der Waals surface area contributed by atoms with Crippen LogP contribution in [0.25, 0.3) is 0 Å². The molecule has 0 bridgehead atoms. The molecule has 0 saturated carbocycles. The molecule has 2 rings (SSSR count). The van der Waals surface area contributed by atoms with Gasteiger partial charge in [0.1, 0.15) is 49.7 Å². The van der Waals surface area contributed by atoms with Crippen molar-refractivity contribution in [1.29, 1.82) is 0 Å². The maximum atomic E-state index is 14.3. The van der Waals surface area contributed by atoms with E-state index in [4.69, 9.17) is 14.5 Å².